The lowest BCUT2D eigenvalue weighted by molar-refractivity contribution is -0.384. The Balaban J connectivity index is 1.60. The SMILES string of the molecule is Cn1cccc1[C@@H]1COCCN1Cc1nc2cc([N+](=O)[O-])ccc2o1. The molecule has 1 fully saturated rings. The van der Waals surface area contributed by atoms with E-state index in [1.165, 1.54) is 17.8 Å². The quantitative estimate of drug-likeness (QED) is 0.535. The lowest BCUT2D eigenvalue weighted by Crippen LogP contribution is -2.39. The number of nitro benzene ring substituents is 1. The molecule has 3 aromatic rings. The predicted octanol–water partition coefficient (Wildman–Crippen LogP) is 2.65. The highest BCUT2D eigenvalue weighted by Gasteiger charge is 2.27. The molecule has 0 spiro atoms. The number of nitrogens with zero attached hydrogens (tertiary/aromatic N) is 4. The summed E-state index contributed by atoms with van der Waals surface area (Å²) in [6, 6.07) is 8.69. The topological polar surface area (TPSA) is 86.6 Å². The molecule has 130 valence electrons. The summed E-state index contributed by atoms with van der Waals surface area (Å²) in [4.78, 5) is 17.2. The molecule has 0 aliphatic carbocycles. The second kappa shape index (κ2) is 6.30. The Kier molecular flexibility index (Phi) is 3.98. The number of fused-ring (bicyclic) bond motifs is 1. The van der Waals surface area contributed by atoms with Crippen LogP contribution in [0.4, 0.5) is 5.69 Å². The fourth-order valence-corrected chi connectivity index (χ4v) is 3.24. The molecule has 8 nitrogen and oxygen atoms in total. The van der Waals surface area contributed by atoms with Gasteiger partial charge in [0, 0.05) is 37.6 Å². The van der Waals surface area contributed by atoms with Gasteiger partial charge in [0.2, 0.25) is 5.89 Å². The maximum Gasteiger partial charge on any atom is 0.271 e. The number of ether oxygens (including phenoxy) is 1. The smallest absolute Gasteiger partial charge is 0.271 e. The molecule has 2 aromatic heterocycles. The van der Waals surface area contributed by atoms with Crippen molar-refractivity contribution in [1.29, 1.82) is 0 Å². The van der Waals surface area contributed by atoms with Gasteiger partial charge in [-0.1, -0.05) is 0 Å². The van der Waals surface area contributed by atoms with Crippen molar-refractivity contribution in [3.63, 3.8) is 0 Å². The van der Waals surface area contributed by atoms with Gasteiger partial charge in [0.15, 0.2) is 5.58 Å². The normalized spacial score (nSPS) is 18.7. The van der Waals surface area contributed by atoms with Crippen molar-refractivity contribution >= 4 is 16.8 Å². The minimum Gasteiger partial charge on any atom is -0.439 e. The molecule has 1 aliphatic heterocycles. The molecule has 4 rings (SSSR count). The Labute approximate surface area is 143 Å². The second-order valence-electron chi connectivity index (χ2n) is 6.12. The van der Waals surface area contributed by atoms with E-state index in [0.717, 1.165) is 6.54 Å². The highest BCUT2D eigenvalue weighted by Crippen LogP contribution is 2.27. The number of rotatable bonds is 4. The average Bonchev–Trinajstić information content (AvgIpc) is 3.20. The zero-order valence-corrected chi connectivity index (χ0v) is 13.8. The van der Waals surface area contributed by atoms with Gasteiger partial charge in [-0.3, -0.25) is 15.0 Å². The summed E-state index contributed by atoms with van der Waals surface area (Å²) in [6.07, 6.45) is 2.01. The average molecular weight is 342 g/mol. The first-order chi connectivity index (χ1) is 12.1. The van der Waals surface area contributed by atoms with Gasteiger partial charge in [0.25, 0.3) is 5.69 Å². The van der Waals surface area contributed by atoms with E-state index >= 15 is 0 Å². The number of benzene rings is 1. The van der Waals surface area contributed by atoms with Gasteiger partial charge in [-0.25, -0.2) is 4.98 Å². The lowest BCUT2D eigenvalue weighted by atomic mass is 10.1. The Bertz CT molecular complexity index is 916. The summed E-state index contributed by atoms with van der Waals surface area (Å²) in [5.41, 5.74) is 2.25. The number of non-ortho nitro benzene ring substituents is 1. The van der Waals surface area contributed by atoms with Crippen molar-refractivity contribution in [2.75, 3.05) is 19.8 Å². The van der Waals surface area contributed by atoms with Crippen LogP contribution < -0.4 is 0 Å². The fraction of sp³-hybridized carbons (Fsp3) is 0.353. The van der Waals surface area contributed by atoms with E-state index in [0.29, 0.717) is 36.7 Å². The first-order valence-corrected chi connectivity index (χ1v) is 8.09. The van der Waals surface area contributed by atoms with Gasteiger partial charge in [-0.05, 0) is 18.2 Å². The zero-order chi connectivity index (χ0) is 17.4. The van der Waals surface area contributed by atoms with Crippen molar-refractivity contribution in [1.82, 2.24) is 14.5 Å². The van der Waals surface area contributed by atoms with Crippen molar-refractivity contribution in [2.24, 2.45) is 7.05 Å². The summed E-state index contributed by atoms with van der Waals surface area (Å²) >= 11 is 0. The fourth-order valence-electron chi connectivity index (χ4n) is 3.24. The number of hydrogen-bond donors (Lipinski definition) is 0. The first-order valence-electron chi connectivity index (χ1n) is 8.09. The van der Waals surface area contributed by atoms with E-state index in [4.69, 9.17) is 9.15 Å². The molecule has 1 atom stereocenters. The molecule has 25 heavy (non-hydrogen) atoms. The van der Waals surface area contributed by atoms with E-state index in [2.05, 4.69) is 20.5 Å². The molecule has 1 saturated heterocycles. The zero-order valence-electron chi connectivity index (χ0n) is 13.8. The highest BCUT2D eigenvalue weighted by atomic mass is 16.6. The summed E-state index contributed by atoms with van der Waals surface area (Å²) < 4.78 is 13.5. The summed E-state index contributed by atoms with van der Waals surface area (Å²) in [7, 11) is 2.01. The van der Waals surface area contributed by atoms with E-state index in [1.807, 2.05) is 19.3 Å². The maximum atomic E-state index is 10.9. The van der Waals surface area contributed by atoms with Gasteiger partial charge < -0.3 is 13.7 Å². The van der Waals surface area contributed by atoms with Gasteiger partial charge >= 0.3 is 0 Å². The number of morpholine rings is 1. The van der Waals surface area contributed by atoms with Gasteiger partial charge in [0.05, 0.1) is 30.7 Å². The third-order valence-corrected chi connectivity index (χ3v) is 4.53. The van der Waals surface area contributed by atoms with Gasteiger partial charge in [0.1, 0.15) is 5.52 Å². The Morgan fingerprint density at radius 2 is 2.28 bits per heavy atom. The molecule has 0 unspecified atom stereocenters. The molecule has 8 heteroatoms. The molecular formula is C17H18N4O4. The molecule has 0 saturated carbocycles. The minimum atomic E-state index is -0.429. The van der Waals surface area contributed by atoms with Crippen LogP contribution in [-0.2, 0) is 18.3 Å². The standard InChI is InChI=1S/C17H18N4O4/c1-19-6-2-3-14(19)15-11-24-8-7-20(15)10-17-18-13-9-12(21(22)23)4-5-16(13)25-17/h2-6,9,15H,7-8,10-11H2,1H3/t15-/m0/s1. The third-order valence-electron chi connectivity index (χ3n) is 4.53. The van der Waals surface area contributed by atoms with Crippen LogP contribution in [0.5, 0.6) is 0 Å². The summed E-state index contributed by atoms with van der Waals surface area (Å²) in [6.45, 7) is 2.58. The molecular weight excluding hydrogens is 324 g/mol. The number of hydrogen-bond acceptors (Lipinski definition) is 6. The van der Waals surface area contributed by atoms with Crippen LogP contribution in [0.2, 0.25) is 0 Å². The van der Waals surface area contributed by atoms with E-state index < -0.39 is 4.92 Å². The monoisotopic (exact) mass is 342 g/mol. The molecule has 0 N–H and O–H groups in total. The minimum absolute atomic E-state index is 0.0143. The van der Waals surface area contributed by atoms with Crippen LogP contribution in [0.15, 0.2) is 40.9 Å². The molecule has 1 aliphatic rings. The molecule has 3 heterocycles. The second-order valence-corrected chi connectivity index (χ2v) is 6.12. The number of oxazole rings is 1. The molecule has 0 radical (unpaired) electrons. The third kappa shape index (κ3) is 3.01. The Morgan fingerprint density at radius 1 is 1.40 bits per heavy atom. The molecule has 0 amide bonds. The van der Waals surface area contributed by atoms with Gasteiger partial charge in [-0.2, -0.15) is 0 Å². The van der Waals surface area contributed by atoms with Crippen molar-refractivity contribution in [3.05, 3.63) is 58.2 Å². The van der Waals surface area contributed by atoms with E-state index in [9.17, 15) is 10.1 Å². The highest BCUT2D eigenvalue weighted by molar-refractivity contribution is 5.75. The van der Waals surface area contributed by atoms with Gasteiger partial charge in [-0.15, -0.1) is 0 Å². The summed E-state index contributed by atoms with van der Waals surface area (Å²) in [5, 5.41) is 10.9. The van der Waals surface area contributed by atoms with Crippen molar-refractivity contribution < 1.29 is 14.1 Å². The van der Waals surface area contributed by atoms with Crippen LogP contribution in [0.25, 0.3) is 11.1 Å². The maximum absolute atomic E-state index is 10.9. The van der Waals surface area contributed by atoms with E-state index in [-0.39, 0.29) is 11.7 Å². The van der Waals surface area contributed by atoms with Crippen LogP contribution in [-0.4, -0.2) is 39.1 Å². The first kappa shape index (κ1) is 15.8. The van der Waals surface area contributed by atoms with Crippen LogP contribution in [0, 0.1) is 10.1 Å². The predicted molar refractivity (Wildman–Crippen MR) is 90.0 cm³/mol. The Morgan fingerprint density at radius 3 is 3.04 bits per heavy atom. The lowest BCUT2D eigenvalue weighted by Gasteiger charge is -2.34. The van der Waals surface area contributed by atoms with Crippen LogP contribution in [0.3, 0.4) is 0 Å². The van der Waals surface area contributed by atoms with Crippen LogP contribution in [0.1, 0.15) is 17.6 Å². The molecule has 0 bridgehead atoms. The summed E-state index contributed by atoms with van der Waals surface area (Å²) in [5.74, 6) is 0.552. The Hall–Kier alpha value is -2.71. The van der Waals surface area contributed by atoms with Crippen molar-refractivity contribution in [3.8, 4) is 0 Å². The molecule has 1 aromatic carbocycles. The van der Waals surface area contributed by atoms with Crippen LogP contribution >= 0.6 is 0 Å². The largest absolute Gasteiger partial charge is 0.439 e. The number of nitro groups is 1. The van der Waals surface area contributed by atoms with E-state index in [1.54, 1.807) is 6.07 Å². The van der Waals surface area contributed by atoms with Crippen molar-refractivity contribution in [2.45, 2.75) is 12.6 Å². The number of aryl methyl sites for hydroxylation is 1. The number of aromatic nitrogens is 2.